The van der Waals surface area contributed by atoms with E-state index in [2.05, 4.69) is 20.9 Å². The molecular formula is C17H20BrN3O5. The molecule has 3 heterocycles. The van der Waals surface area contributed by atoms with Gasteiger partial charge in [-0.1, -0.05) is 6.07 Å². The molecule has 2 fully saturated rings. The number of carbonyl (C=O) groups is 3. The summed E-state index contributed by atoms with van der Waals surface area (Å²) in [7, 11) is 0. The molecule has 0 aromatic carbocycles. The Morgan fingerprint density at radius 1 is 1.35 bits per heavy atom. The van der Waals surface area contributed by atoms with Gasteiger partial charge in [0, 0.05) is 19.1 Å². The van der Waals surface area contributed by atoms with Gasteiger partial charge in [0.15, 0.2) is 6.04 Å². The van der Waals surface area contributed by atoms with E-state index in [0.717, 1.165) is 0 Å². The number of pyridine rings is 1. The fraction of sp³-hybridized carbons (Fsp3) is 0.529. The molecule has 2 amide bonds. The topological polar surface area (TPSA) is 89.0 Å². The van der Waals surface area contributed by atoms with Crippen molar-refractivity contribution < 1.29 is 23.9 Å². The predicted octanol–water partition coefficient (Wildman–Crippen LogP) is 1.83. The zero-order chi connectivity index (χ0) is 18.7. The van der Waals surface area contributed by atoms with E-state index in [-0.39, 0.29) is 25.2 Å². The average Bonchev–Trinajstić information content (AvgIpc) is 3.03. The molecule has 0 radical (unpaired) electrons. The molecule has 1 aromatic rings. The molecule has 2 saturated heterocycles. The number of piperidine rings is 1. The minimum atomic E-state index is -0.707. The number of halogens is 1. The molecule has 2 aliphatic heterocycles. The Kier molecular flexibility index (Phi) is 5.75. The first-order valence-electron chi connectivity index (χ1n) is 8.54. The number of amides is 2. The molecule has 0 aliphatic carbocycles. The molecule has 9 heteroatoms. The van der Waals surface area contributed by atoms with Crippen molar-refractivity contribution in [3.8, 4) is 0 Å². The number of aromatic nitrogens is 1. The molecule has 26 heavy (non-hydrogen) atoms. The van der Waals surface area contributed by atoms with Crippen LogP contribution in [0.25, 0.3) is 0 Å². The van der Waals surface area contributed by atoms with E-state index in [0.29, 0.717) is 36.2 Å². The average molecular weight is 426 g/mol. The van der Waals surface area contributed by atoms with Crippen LogP contribution in [0.15, 0.2) is 22.8 Å². The maximum atomic E-state index is 12.6. The summed E-state index contributed by atoms with van der Waals surface area (Å²) in [4.78, 5) is 44.1. The Bertz CT molecular complexity index is 705. The van der Waals surface area contributed by atoms with Crippen LogP contribution in [0.3, 0.4) is 0 Å². The van der Waals surface area contributed by atoms with Crippen LogP contribution in [-0.4, -0.2) is 71.1 Å². The normalized spacial score (nSPS) is 20.8. The Balaban J connectivity index is 1.63. The van der Waals surface area contributed by atoms with Crippen molar-refractivity contribution >= 4 is 33.9 Å². The minimum Gasteiger partial charge on any atom is -0.464 e. The van der Waals surface area contributed by atoms with Gasteiger partial charge in [-0.2, -0.15) is 0 Å². The van der Waals surface area contributed by atoms with E-state index in [4.69, 9.17) is 9.47 Å². The van der Waals surface area contributed by atoms with E-state index >= 15 is 0 Å². The number of carbonyl (C=O) groups excluding carboxylic acids is 3. The predicted molar refractivity (Wildman–Crippen MR) is 94.5 cm³/mol. The van der Waals surface area contributed by atoms with Crippen molar-refractivity contribution in [2.24, 2.45) is 0 Å². The Morgan fingerprint density at radius 3 is 2.73 bits per heavy atom. The highest BCUT2D eigenvalue weighted by atomic mass is 79.9. The number of hydrogen-bond acceptors (Lipinski definition) is 6. The number of rotatable bonds is 4. The number of ether oxygens (including phenoxy) is 2. The zero-order valence-corrected chi connectivity index (χ0v) is 16.0. The Labute approximate surface area is 159 Å². The standard InChI is InChI=1S/C17H20BrN3O5/c1-2-25-16(23)13-10-26-17(24)21(13)11-6-8-20(9-7-11)15(22)12-4-3-5-14(18)19-12/h3-5,11,13H,2,6-10H2,1H3/t13-/m0/s1. The van der Waals surface area contributed by atoms with Crippen LogP contribution in [0.5, 0.6) is 0 Å². The van der Waals surface area contributed by atoms with E-state index in [1.807, 2.05) is 0 Å². The molecule has 140 valence electrons. The van der Waals surface area contributed by atoms with Crippen molar-refractivity contribution in [2.75, 3.05) is 26.3 Å². The molecule has 0 spiro atoms. The van der Waals surface area contributed by atoms with Gasteiger partial charge in [0.05, 0.1) is 6.61 Å². The lowest BCUT2D eigenvalue weighted by Gasteiger charge is -2.37. The molecule has 0 bridgehead atoms. The molecule has 0 N–H and O–H groups in total. The number of hydrogen-bond donors (Lipinski definition) is 0. The third-order valence-electron chi connectivity index (χ3n) is 4.55. The lowest BCUT2D eigenvalue weighted by atomic mass is 10.0. The van der Waals surface area contributed by atoms with Crippen LogP contribution in [0.1, 0.15) is 30.3 Å². The monoisotopic (exact) mass is 425 g/mol. The summed E-state index contributed by atoms with van der Waals surface area (Å²) in [6, 6.07) is 4.34. The van der Waals surface area contributed by atoms with E-state index < -0.39 is 18.1 Å². The van der Waals surface area contributed by atoms with Crippen LogP contribution < -0.4 is 0 Å². The molecule has 8 nitrogen and oxygen atoms in total. The Hall–Kier alpha value is -2.16. The van der Waals surface area contributed by atoms with Crippen LogP contribution >= 0.6 is 15.9 Å². The molecule has 0 unspecified atom stereocenters. The van der Waals surface area contributed by atoms with E-state index in [1.165, 1.54) is 4.90 Å². The molecule has 2 aliphatic rings. The van der Waals surface area contributed by atoms with Gasteiger partial charge >= 0.3 is 12.1 Å². The van der Waals surface area contributed by atoms with Gasteiger partial charge in [-0.15, -0.1) is 0 Å². The smallest absolute Gasteiger partial charge is 0.410 e. The van der Waals surface area contributed by atoms with Gasteiger partial charge in [-0.05, 0) is 47.8 Å². The van der Waals surface area contributed by atoms with Crippen molar-refractivity contribution in [3.05, 3.63) is 28.5 Å². The largest absolute Gasteiger partial charge is 0.464 e. The van der Waals surface area contributed by atoms with E-state index in [1.54, 1.807) is 30.0 Å². The Morgan fingerprint density at radius 2 is 2.08 bits per heavy atom. The second kappa shape index (κ2) is 8.03. The van der Waals surface area contributed by atoms with Crippen LogP contribution in [0, 0.1) is 0 Å². The molecular weight excluding hydrogens is 406 g/mol. The van der Waals surface area contributed by atoms with Gasteiger partial charge in [0.2, 0.25) is 0 Å². The third-order valence-corrected chi connectivity index (χ3v) is 4.99. The summed E-state index contributed by atoms with van der Waals surface area (Å²) in [6.07, 6.45) is 0.650. The summed E-state index contributed by atoms with van der Waals surface area (Å²) in [5.41, 5.74) is 0.378. The number of nitrogens with zero attached hydrogens (tertiary/aromatic N) is 3. The number of cyclic esters (lactones) is 1. The first kappa shape index (κ1) is 18.6. The fourth-order valence-corrected chi connectivity index (χ4v) is 3.64. The van der Waals surface area contributed by atoms with Gasteiger partial charge < -0.3 is 14.4 Å². The maximum absolute atomic E-state index is 12.6. The highest BCUT2D eigenvalue weighted by Crippen LogP contribution is 2.25. The second-order valence-electron chi connectivity index (χ2n) is 6.12. The summed E-state index contributed by atoms with van der Waals surface area (Å²) in [6.45, 7) is 2.96. The van der Waals surface area contributed by atoms with Gasteiger partial charge in [0.1, 0.15) is 16.9 Å². The molecule has 0 saturated carbocycles. The van der Waals surface area contributed by atoms with Gasteiger partial charge in [-0.25, -0.2) is 14.6 Å². The zero-order valence-electron chi connectivity index (χ0n) is 14.4. The first-order chi connectivity index (χ1) is 12.5. The quantitative estimate of drug-likeness (QED) is 0.539. The molecule has 1 atom stereocenters. The molecule has 1 aromatic heterocycles. The highest BCUT2D eigenvalue weighted by molar-refractivity contribution is 9.10. The van der Waals surface area contributed by atoms with Crippen molar-refractivity contribution in [1.29, 1.82) is 0 Å². The summed E-state index contributed by atoms with van der Waals surface area (Å²) in [5.74, 6) is -0.592. The van der Waals surface area contributed by atoms with Crippen molar-refractivity contribution in [3.63, 3.8) is 0 Å². The molecule has 3 rings (SSSR count). The summed E-state index contributed by atoms with van der Waals surface area (Å²) in [5, 5.41) is 0. The lowest BCUT2D eigenvalue weighted by molar-refractivity contribution is -0.148. The third kappa shape index (κ3) is 3.82. The lowest BCUT2D eigenvalue weighted by Crippen LogP contribution is -2.52. The van der Waals surface area contributed by atoms with Crippen LogP contribution in [0.4, 0.5) is 4.79 Å². The maximum Gasteiger partial charge on any atom is 0.410 e. The van der Waals surface area contributed by atoms with Crippen molar-refractivity contribution in [2.45, 2.75) is 31.8 Å². The second-order valence-corrected chi connectivity index (χ2v) is 6.93. The summed E-state index contributed by atoms with van der Waals surface area (Å²) < 4.78 is 10.7. The summed E-state index contributed by atoms with van der Waals surface area (Å²) >= 11 is 3.26. The van der Waals surface area contributed by atoms with E-state index in [9.17, 15) is 14.4 Å². The first-order valence-corrected chi connectivity index (χ1v) is 9.34. The van der Waals surface area contributed by atoms with Gasteiger partial charge in [0.25, 0.3) is 5.91 Å². The highest BCUT2D eigenvalue weighted by Gasteiger charge is 2.44. The fourth-order valence-electron chi connectivity index (χ4n) is 3.29. The van der Waals surface area contributed by atoms with Crippen LogP contribution in [-0.2, 0) is 14.3 Å². The van der Waals surface area contributed by atoms with Crippen LogP contribution in [0.2, 0.25) is 0 Å². The van der Waals surface area contributed by atoms with Gasteiger partial charge in [-0.3, -0.25) is 9.69 Å². The number of likely N-dealkylation sites (tertiary alicyclic amines) is 1. The SMILES string of the molecule is CCOC(=O)[C@@H]1COC(=O)N1C1CCN(C(=O)c2cccc(Br)n2)CC1. The minimum absolute atomic E-state index is 0.0127. The number of esters is 1. The van der Waals surface area contributed by atoms with Crippen molar-refractivity contribution in [1.82, 2.24) is 14.8 Å².